The van der Waals surface area contributed by atoms with Gasteiger partial charge in [-0.2, -0.15) is 0 Å². The summed E-state index contributed by atoms with van der Waals surface area (Å²) in [5.41, 5.74) is 1.02. The van der Waals surface area contributed by atoms with Gasteiger partial charge in [-0.05, 0) is 24.3 Å². The highest BCUT2D eigenvalue weighted by Gasteiger charge is 2.38. The normalized spacial score (nSPS) is 21.4. The van der Waals surface area contributed by atoms with Gasteiger partial charge < -0.3 is 5.32 Å². The molecular weight excluding hydrogens is 274 g/mol. The van der Waals surface area contributed by atoms with Crippen molar-refractivity contribution in [3.05, 3.63) is 35.9 Å². The zero-order valence-corrected chi connectivity index (χ0v) is 12.5. The van der Waals surface area contributed by atoms with E-state index in [1.165, 1.54) is 0 Å². The Kier molecular flexibility index (Phi) is 4.81. The molecule has 1 N–H and O–H groups in total. The molecule has 2 atom stereocenters. The van der Waals surface area contributed by atoms with Crippen molar-refractivity contribution in [1.29, 1.82) is 0 Å². The van der Waals surface area contributed by atoms with E-state index in [0.717, 1.165) is 12.0 Å². The molecule has 0 aromatic heterocycles. The van der Waals surface area contributed by atoms with E-state index < -0.39 is 9.84 Å². The molecule has 0 spiro atoms. The van der Waals surface area contributed by atoms with Gasteiger partial charge in [0.25, 0.3) is 0 Å². The lowest BCUT2D eigenvalue weighted by Crippen LogP contribution is -2.31. The molecule has 5 heteroatoms. The summed E-state index contributed by atoms with van der Waals surface area (Å²) < 4.78 is 23.8. The van der Waals surface area contributed by atoms with Crippen LogP contribution >= 0.6 is 0 Å². The van der Waals surface area contributed by atoms with Crippen molar-refractivity contribution in [2.75, 3.05) is 18.1 Å². The lowest BCUT2D eigenvalue weighted by molar-refractivity contribution is -0.122. The van der Waals surface area contributed by atoms with Gasteiger partial charge in [0.05, 0.1) is 11.5 Å². The van der Waals surface area contributed by atoms with Gasteiger partial charge in [-0.25, -0.2) is 8.42 Å². The molecule has 0 bridgehead atoms. The molecule has 4 nitrogen and oxygen atoms in total. The van der Waals surface area contributed by atoms with Crippen molar-refractivity contribution in [1.82, 2.24) is 5.32 Å². The maximum absolute atomic E-state index is 11.9. The molecule has 0 unspecified atom stereocenters. The van der Waals surface area contributed by atoms with Gasteiger partial charge in [-0.3, -0.25) is 4.79 Å². The van der Waals surface area contributed by atoms with Crippen LogP contribution in [-0.2, 0) is 21.1 Å². The van der Waals surface area contributed by atoms with Gasteiger partial charge in [0.1, 0.15) is 0 Å². The van der Waals surface area contributed by atoms with E-state index in [-0.39, 0.29) is 29.9 Å². The minimum absolute atomic E-state index is 0.00393. The number of hydrogen-bond donors (Lipinski definition) is 1. The highest BCUT2D eigenvalue weighted by Crippen LogP contribution is 2.37. The number of hydrogen-bond acceptors (Lipinski definition) is 3. The third-order valence-corrected chi connectivity index (χ3v) is 5.36. The highest BCUT2D eigenvalue weighted by molar-refractivity contribution is 7.91. The van der Waals surface area contributed by atoms with Gasteiger partial charge in [0.2, 0.25) is 5.91 Å². The summed E-state index contributed by atoms with van der Waals surface area (Å²) in [7, 11) is -3.11. The van der Waals surface area contributed by atoms with Crippen molar-refractivity contribution < 1.29 is 13.2 Å². The van der Waals surface area contributed by atoms with Crippen molar-refractivity contribution in [3.63, 3.8) is 0 Å². The number of aryl methyl sites for hydroxylation is 1. The molecule has 1 aromatic rings. The molecule has 1 amide bonds. The fraction of sp³-hybridized carbons (Fsp3) is 0.533. The number of amides is 1. The molecule has 1 aliphatic carbocycles. The number of nitrogens with one attached hydrogen (secondary N) is 1. The second-order valence-electron chi connectivity index (χ2n) is 5.50. The largest absolute Gasteiger partial charge is 0.355 e. The number of benzene rings is 1. The molecule has 1 aromatic carbocycles. The van der Waals surface area contributed by atoms with Crippen LogP contribution in [0, 0.1) is 11.8 Å². The van der Waals surface area contributed by atoms with Crippen LogP contribution in [0.15, 0.2) is 30.3 Å². The Bertz CT molecular complexity index is 554. The van der Waals surface area contributed by atoms with Crippen molar-refractivity contribution in [3.8, 4) is 0 Å². The van der Waals surface area contributed by atoms with E-state index in [9.17, 15) is 13.2 Å². The van der Waals surface area contributed by atoms with Gasteiger partial charge in [0, 0.05) is 12.5 Å². The van der Waals surface area contributed by atoms with Crippen LogP contribution in [0.5, 0.6) is 0 Å². The third kappa shape index (κ3) is 4.63. The Balaban J connectivity index is 1.70. The summed E-state index contributed by atoms with van der Waals surface area (Å²) in [6.45, 7) is 2.25. The number of carbonyl (C=O) groups is 1. The van der Waals surface area contributed by atoms with Crippen molar-refractivity contribution in [2.24, 2.45) is 11.8 Å². The summed E-state index contributed by atoms with van der Waals surface area (Å²) in [5, 5.41) is 2.71. The van der Waals surface area contributed by atoms with Crippen LogP contribution in [0.1, 0.15) is 18.9 Å². The van der Waals surface area contributed by atoms with Gasteiger partial charge in [-0.1, -0.05) is 37.3 Å². The van der Waals surface area contributed by atoms with Crippen LogP contribution in [0.25, 0.3) is 0 Å². The second-order valence-corrected chi connectivity index (χ2v) is 7.80. The fourth-order valence-electron chi connectivity index (χ4n) is 2.17. The quantitative estimate of drug-likeness (QED) is 0.827. The third-order valence-electron chi connectivity index (χ3n) is 3.70. The van der Waals surface area contributed by atoms with E-state index in [1.54, 1.807) is 0 Å². The highest BCUT2D eigenvalue weighted by atomic mass is 32.2. The van der Waals surface area contributed by atoms with Crippen LogP contribution in [0.3, 0.4) is 0 Å². The van der Waals surface area contributed by atoms with Crippen molar-refractivity contribution >= 4 is 15.7 Å². The summed E-state index contributed by atoms with van der Waals surface area (Å²) in [6, 6.07) is 9.56. The predicted molar refractivity (Wildman–Crippen MR) is 79.1 cm³/mol. The Morgan fingerprint density at radius 2 is 1.90 bits per heavy atom. The Hall–Kier alpha value is -1.36. The monoisotopic (exact) mass is 295 g/mol. The minimum Gasteiger partial charge on any atom is -0.355 e. The van der Waals surface area contributed by atoms with Crippen LogP contribution < -0.4 is 5.32 Å². The lowest BCUT2D eigenvalue weighted by atomic mass is 10.2. The maximum atomic E-state index is 11.9. The van der Waals surface area contributed by atoms with Gasteiger partial charge in [0.15, 0.2) is 9.84 Å². The summed E-state index contributed by atoms with van der Waals surface area (Å²) in [4.78, 5) is 11.6. The molecule has 2 rings (SSSR count). The topological polar surface area (TPSA) is 63.2 Å². The molecular formula is C15H21NO3S. The van der Waals surface area contributed by atoms with Crippen molar-refractivity contribution in [2.45, 2.75) is 19.8 Å². The van der Waals surface area contributed by atoms with E-state index in [1.807, 2.05) is 37.3 Å². The number of sulfone groups is 1. The average Bonchev–Trinajstić information content (AvgIpc) is 3.15. The summed E-state index contributed by atoms with van der Waals surface area (Å²) in [6.07, 6.45) is 1.45. The minimum atomic E-state index is -3.11. The first-order valence-corrected chi connectivity index (χ1v) is 8.82. The maximum Gasteiger partial charge on any atom is 0.223 e. The van der Waals surface area contributed by atoms with E-state index in [4.69, 9.17) is 0 Å². The molecule has 110 valence electrons. The molecule has 0 heterocycles. The molecule has 1 saturated carbocycles. The number of carbonyl (C=O) groups excluding carboxylic acids is 1. The Morgan fingerprint density at radius 3 is 2.50 bits per heavy atom. The Labute approximate surface area is 120 Å². The van der Waals surface area contributed by atoms with Gasteiger partial charge >= 0.3 is 0 Å². The molecule has 20 heavy (non-hydrogen) atoms. The molecule has 0 saturated heterocycles. The van der Waals surface area contributed by atoms with Gasteiger partial charge in [-0.15, -0.1) is 0 Å². The standard InChI is InChI=1S/C15H21NO3S/c1-12-11-14(12)15(17)16-8-10-20(18,19)9-7-13-5-3-2-4-6-13/h2-6,12,14H,7-11H2,1H3,(H,16,17)/t12-,14+/m0/s1. The lowest BCUT2D eigenvalue weighted by Gasteiger charge is -2.06. The Morgan fingerprint density at radius 1 is 1.25 bits per heavy atom. The molecule has 1 aliphatic rings. The predicted octanol–water partition coefficient (Wildman–Crippen LogP) is 1.42. The first kappa shape index (κ1) is 15.0. The summed E-state index contributed by atoms with van der Waals surface area (Å²) >= 11 is 0. The van der Waals surface area contributed by atoms with E-state index in [2.05, 4.69) is 5.32 Å². The number of rotatable bonds is 7. The molecule has 1 fully saturated rings. The molecule has 0 radical (unpaired) electrons. The zero-order valence-electron chi connectivity index (χ0n) is 11.7. The van der Waals surface area contributed by atoms with E-state index >= 15 is 0 Å². The second kappa shape index (κ2) is 6.39. The smallest absolute Gasteiger partial charge is 0.223 e. The van der Waals surface area contributed by atoms with E-state index in [0.29, 0.717) is 12.3 Å². The molecule has 0 aliphatic heterocycles. The zero-order chi connectivity index (χ0) is 14.6. The average molecular weight is 295 g/mol. The summed E-state index contributed by atoms with van der Waals surface area (Å²) in [5.74, 6) is 0.696. The first-order valence-electron chi connectivity index (χ1n) is 7.00. The fourth-order valence-corrected chi connectivity index (χ4v) is 3.33. The van der Waals surface area contributed by atoms with Crippen LogP contribution in [-0.4, -0.2) is 32.4 Å². The first-order chi connectivity index (χ1) is 9.48. The SMILES string of the molecule is C[C@H]1C[C@H]1C(=O)NCCS(=O)(=O)CCc1ccccc1. The van der Waals surface area contributed by atoms with Crippen LogP contribution in [0.2, 0.25) is 0 Å². The van der Waals surface area contributed by atoms with Crippen LogP contribution in [0.4, 0.5) is 0 Å².